The molecule has 2 aromatic carbocycles. The molecule has 0 aromatic heterocycles. The number of benzene rings is 2. The lowest BCUT2D eigenvalue weighted by molar-refractivity contribution is 0.411. The zero-order valence-electron chi connectivity index (χ0n) is 12.4. The fourth-order valence-corrected chi connectivity index (χ4v) is 2.48. The summed E-state index contributed by atoms with van der Waals surface area (Å²) in [5, 5.41) is 0. The molecule has 0 fully saturated rings. The highest BCUT2D eigenvalue weighted by Gasteiger charge is 2.16. The van der Waals surface area contributed by atoms with E-state index in [1.807, 2.05) is 26.0 Å². The van der Waals surface area contributed by atoms with E-state index in [0.29, 0.717) is 0 Å². The van der Waals surface area contributed by atoms with Crippen LogP contribution in [-0.2, 0) is 6.42 Å². The van der Waals surface area contributed by atoms with Crippen molar-refractivity contribution in [3.05, 3.63) is 64.2 Å². The van der Waals surface area contributed by atoms with Gasteiger partial charge in [-0.05, 0) is 54.7 Å². The minimum atomic E-state index is -0.845. The van der Waals surface area contributed by atoms with Crippen LogP contribution in [0.2, 0.25) is 0 Å². The van der Waals surface area contributed by atoms with Gasteiger partial charge in [0.2, 0.25) is 0 Å². The van der Waals surface area contributed by atoms with Gasteiger partial charge in [0.25, 0.3) is 0 Å². The van der Waals surface area contributed by atoms with Crippen molar-refractivity contribution in [1.29, 1.82) is 0 Å². The minimum absolute atomic E-state index is 0.246. The molecule has 0 radical (unpaired) electrons. The first-order valence-electron chi connectivity index (χ1n) is 6.77. The summed E-state index contributed by atoms with van der Waals surface area (Å²) in [4.78, 5) is 0. The lowest BCUT2D eigenvalue weighted by Crippen LogP contribution is -2.16. The molecule has 112 valence electrons. The predicted octanol–water partition coefficient (Wildman–Crippen LogP) is 3.83. The van der Waals surface area contributed by atoms with Gasteiger partial charge in [-0.1, -0.05) is 18.2 Å². The molecule has 0 aliphatic rings. The summed E-state index contributed by atoms with van der Waals surface area (Å²) in [5.41, 5.74) is 9.32. The summed E-state index contributed by atoms with van der Waals surface area (Å²) in [6.45, 7) is 3.86. The van der Waals surface area contributed by atoms with Crippen LogP contribution in [0, 0.1) is 25.5 Å². The van der Waals surface area contributed by atoms with Crippen molar-refractivity contribution < 1.29 is 13.5 Å². The maximum Gasteiger partial charge on any atom is 0.162 e. The molecular weight excluding hydrogens is 272 g/mol. The van der Waals surface area contributed by atoms with Crippen molar-refractivity contribution >= 4 is 0 Å². The van der Waals surface area contributed by atoms with Gasteiger partial charge < -0.3 is 10.5 Å². The van der Waals surface area contributed by atoms with Crippen molar-refractivity contribution in [3.8, 4) is 5.75 Å². The highest BCUT2D eigenvalue weighted by Crippen LogP contribution is 2.28. The van der Waals surface area contributed by atoms with Crippen molar-refractivity contribution in [2.45, 2.75) is 26.3 Å². The van der Waals surface area contributed by atoms with Gasteiger partial charge in [-0.3, -0.25) is 0 Å². The second-order valence-electron chi connectivity index (χ2n) is 5.20. The van der Waals surface area contributed by atoms with Crippen LogP contribution in [0.25, 0.3) is 0 Å². The number of methoxy groups -OCH3 is 1. The highest BCUT2D eigenvalue weighted by atomic mass is 19.2. The van der Waals surface area contributed by atoms with Crippen LogP contribution >= 0.6 is 0 Å². The zero-order valence-corrected chi connectivity index (χ0v) is 12.4. The molecule has 2 N–H and O–H groups in total. The fourth-order valence-electron chi connectivity index (χ4n) is 2.48. The van der Waals surface area contributed by atoms with E-state index in [-0.39, 0.29) is 12.0 Å². The van der Waals surface area contributed by atoms with Gasteiger partial charge in [-0.2, -0.15) is 0 Å². The molecule has 0 amide bonds. The maximum atomic E-state index is 13.7. The molecule has 1 atom stereocenters. The topological polar surface area (TPSA) is 35.2 Å². The molecular formula is C17H19F2NO. The Balaban J connectivity index is 2.30. The lowest BCUT2D eigenvalue weighted by Gasteiger charge is -2.18. The zero-order chi connectivity index (χ0) is 15.6. The van der Waals surface area contributed by atoms with E-state index in [2.05, 4.69) is 0 Å². The van der Waals surface area contributed by atoms with Gasteiger partial charge in [0, 0.05) is 6.04 Å². The maximum absolute atomic E-state index is 13.7. The van der Waals surface area contributed by atoms with Crippen LogP contribution in [0.5, 0.6) is 5.75 Å². The number of aryl methyl sites for hydroxylation is 2. The van der Waals surface area contributed by atoms with Crippen LogP contribution in [0.15, 0.2) is 30.3 Å². The predicted molar refractivity (Wildman–Crippen MR) is 79.5 cm³/mol. The highest BCUT2D eigenvalue weighted by molar-refractivity contribution is 5.43. The Morgan fingerprint density at radius 1 is 1.14 bits per heavy atom. The molecule has 0 aliphatic heterocycles. The Labute approximate surface area is 123 Å². The number of nitrogens with two attached hydrogens (primary N) is 1. The largest absolute Gasteiger partial charge is 0.496 e. The number of ether oxygens (including phenoxy) is 1. The average molecular weight is 291 g/mol. The molecule has 2 nitrogen and oxygen atoms in total. The summed E-state index contributed by atoms with van der Waals surface area (Å²) in [6.07, 6.45) is 0.246. The summed E-state index contributed by atoms with van der Waals surface area (Å²) in [6, 6.07) is 7.61. The summed E-state index contributed by atoms with van der Waals surface area (Å²) in [7, 11) is 1.61. The SMILES string of the molecule is COc1cc(C)c(C(N)Cc2cccc(F)c2F)cc1C. The molecule has 1 unspecified atom stereocenters. The fraction of sp³-hybridized carbons (Fsp3) is 0.294. The molecule has 0 aliphatic carbocycles. The van der Waals surface area contributed by atoms with Gasteiger partial charge >= 0.3 is 0 Å². The molecule has 0 saturated carbocycles. The van der Waals surface area contributed by atoms with Gasteiger partial charge in [-0.25, -0.2) is 8.78 Å². The Morgan fingerprint density at radius 2 is 1.86 bits per heavy atom. The molecule has 2 aromatic rings. The van der Waals surface area contributed by atoms with E-state index < -0.39 is 17.7 Å². The van der Waals surface area contributed by atoms with E-state index in [0.717, 1.165) is 28.5 Å². The van der Waals surface area contributed by atoms with Gasteiger partial charge in [0.1, 0.15) is 5.75 Å². The van der Waals surface area contributed by atoms with Crippen molar-refractivity contribution in [3.63, 3.8) is 0 Å². The quantitative estimate of drug-likeness (QED) is 0.929. The molecule has 0 heterocycles. The number of hydrogen-bond acceptors (Lipinski definition) is 2. The van der Waals surface area contributed by atoms with E-state index in [1.165, 1.54) is 6.07 Å². The van der Waals surface area contributed by atoms with E-state index in [1.54, 1.807) is 13.2 Å². The van der Waals surface area contributed by atoms with Crippen molar-refractivity contribution in [2.24, 2.45) is 5.73 Å². The summed E-state index contributed by atoms with van der Waals surface area (Å²) >= 11 is 0. The number of hydrogen-bond donors (Lipinski definition) is 1. The van der Waals surface area contributed by atoms with Crippen LogP contribution in [-0.4, -0.2) is 7.11 Å². The van der Waals surface area contributed by atoms with E-state index in [4.69, 9.17) is 10.5 Å². The standard InChI is InChI=1S/C17H19F2NO/c1-10-8-16(21-3)11(2)7-13(10)15(20)9-12-5-4-6-14(18)17(12)19/h4-8,15H,9,20H2,1-3H3. The summed E-state index contributed by atoms with van der Waals surface area (Å²) < 4.78 is 32.2. The molecule has 21 heavy (non-hydrogen) atoms. The van der Waals surface area contributed by atoms with Gasteiger partial charge in [-0.15, -0.1) is 0 Å². The van der Waals surface area contributed by atoms with E-state index >= 15 is 0 Å². The third kappa shape index (κ3) is 3.22. The first kappa shape index (κ1) is 15.4. The van der Waals surface area contributed by atoms with Gasteiger partial charge in [0.05, 0.1) is 7.11 Å². The first-order valence-corrected chi connectivity index (χ1v) is 6.77. The third-order valence-corrected chi connectivity index (χ3v) is 3.65. The Kier molecular flexibility index (Phi) is 4.58. The smallest absolute Gasteiger partial charge is 0.162 e. The Hall–Kier alpha value is -1.94. The van der Waals surface area contributed by atoms with Crippen molar-refractivity contribution in [2.75, 3.05) is 7.11 Å². The second kappa shape index (κ2) is 6.22. The normalized spacial score (nSPS) is 12.3. The minimum Gasteiger partial charge on any atom is -0.496 e. The second-order valence-corrected chi connectivity index (χ2v) is 5.20. The lowest BCUT2D eigenvalue weighted by atomic mass is 9.94. The average Bonchev–Trinajstić information content (AvgIpc) is 2.45. The molecule has 0 spiro atoms. The van der Waals surface area contributed by atoms with Crippen LogP contribution in [0.3, 0.4) is 0 Å². The van der Waals surface area contributed by atoms with Crippen LogP contribution < -0.4 is 10.5 Å². The first-order chi connectivity index (χ1) is 9.93. The number of rotatable bonds is 4. The monoisotopic (exact) mass is 291 g/mol. The molecule has 2 rings (SSSR count). The molecule has 0 bridgehead atoms. The Bertz CT molecular complexity index is 655. The van der Waals surface area contributed by atoms with E-state index in [9.17, 15) is 8.78 Å². The molecule has 4 heteroatoms. The summed E-state index contributed by atoms with van der Waals surface area (Å²) in [5.74, 6) is -0.876. The van der Waals surface area contributed by atoms with Gasteiger partial charge in [0.15, 0.2) is 11.6 Å². The third-order valence-electron chi connectivity index (χ3n) is 3.65. The van der Waals surface area contributed by atoms with Crippen molar-refractivity contribution in [1.82, 2.24) is 0 Å². The molecule has 0 saturated heterocycles. The van der Waals surface area contributed by atoms with Crippen LogP contribution in [0.4, 0.5) is 8.78 Å². The Morgan fingerprint density at radius 3 is 2.52 bits per heavy atom. The number of halogens is 2. The van der Waals surface area contributed by atoms with Crippen LogP contribution in [0.1, 0.15) is 28.3 Å².